The Bertz CT molecular complexity index is 419. The fraction of sp³-hybridized carbons (Fsp3) is 0.462. The molecule has 4 nitrogen and oxygen atoms in total. The molecular weight excluding hydrogens is 248 g/mol. The summed E-state index contributed by atoms with van der Waals surface area (Å²) in [5.74, 6) is 2.14. The van der Waals surface area contributed by atoms with Gasteiger partial charge >= 0.3 is 0 Å². The molecule has 1 fully saturated rings. The van der Waals surface area contributed by atoms with Crippen molar-refractivity contribution in [2.75, 3.05) is 29.5 Å². The van der Waals surface area contributed by atoms with Crippen molar-refractivity contribution in [3.05, 3.63) is 24.3 Å². The Morgan fingerprint density at radius 2 is 2.44 bits per heavy atom. The monoisotopic (exact) mass is 266 g/mol. The van der Waals surface area contributed by atoms with E-state index < -0.39 is 0 Å². The molecule has 18 heavy (non-hydrogen) atoms. The summed E-state index contributed by atoms with van der Waals surface area (Å²) < 4.78 is 0. The van der Waals surface area contributed by atoms with E-state index in [0.717, 1.165) is 23.7 Å². The summed E-state index contributed by atoms with van der Waals surface area (Å²) in [6, 6.07) is 6.71. The van der Waals surface area contributed by atoms with Crippen molar-refractivity contribution in [2.45, 2.75) is 13.0 Å². The molecule has 98 valence electrons. The molecule has 0 bridgehead atoms. The van der Waals surface area contributed by atoms with Crippen LogP contribution in [0.5, 0.6) is 5.75 Å². The predicted octanol–water partition coefficient (Wildman–Crippen LogP) is 1.45. The molecule has 0 aliphatic carbocycles. The molecule has 5 heteroatoms. The number of aromatic hydroxyl groups is 1. The largest absolute Gasteiger partial charge is 0.508 e. The van der Waals surface area contributed by atoms with Gasteiger partial charge in [-0.2, -0.15) is 11.8 Å². The number of nitrogens with zero attached hydrogens (tertiary/aromatic N) is 1. The van der Waals surface area contributed by atoms with Gasteiger partial charge in [0, 0.05) is 36.3 Å². The summed E-state index contributed by atoms with van der Waals surface area (Å²) in [4.78, 5) is 14.1. The quantitative estimate of drug-likeness (QED) is 0.869. The fourth-order valence-corrected chi connectivity index (χ4v) is 2.96. The third kappa shape index (κ3) is 2.97. The van der Waals surface area contributed by atoms with Crippen molar-refractivity contribution in [3.63, 3.8) is 0 Å². The van der Waals surface area contributed by atoms with Gasteiger partial charge in [0.1, 0.15) is 5.75 Å². The van der Waals surface area contributed by atoms with Gasteiger partial charge in [-0.05, 0) is 19.1 Å². The van der Waals surface area contributed by atoms with E-state index in [-0.39, 0.29) is 17.7 Å². The highest BCUT2D eigenvalue weighted by molar-refractivity contribution is 7.99. The second-order valence-corrected chi connectivity index (χ2v) is 5.33. The van der Waals surface area contributed by atoms with Crippen molar-refractivity contribution >= 4 is 23.4 Å². The first kappa shape index (κ1) is 13.2. The maximum Gasteiger partial charge on any atom is 0.244 e. The molecule has 1 unspecified atom stereocenters. The van der Waals surface area contributed by atoms with Gasteiger partial charge in [0.2, 0.25) is 5.91 Å². The lowest BCUT2D eigenvalue weighted by Crippen LogP contribution is -2.50. The molecule has 1 saturated heterocycles. The molecule has 1 aromatic rings. The molecule has 0 spiro atoms. The van der Waals surface area contributed by atoms with Gasteiger partial charge in [0.25, 0.3) is 0 Å². The number of likely N-dealkylation sites (N-methyl/N-ethyl adjacent to an activating group) is 1. The highest BCUT2D eigenvalue weighted by Crippen LogP contribution is 2.21. The van der Waals surface area contributed by atoms with Crippen LogP contribution in [0, 0.1) is 0 Å². The smallest absolute Gasteiger partial charge is 0.244 e. The van der Waals surface area contributed by atoms with Gasteiger partial charge in [-0.25, -0.2) is 0 Å². The van der Waals surface area contributed by atoms with Gasteiger partial charge in [0.05, 0.1) is 6.04 Å². The maximum absolute atomic E-state index is 12.4. The lowest BCUT2D eigenvalue weighted by atomic mass is 10.2. The van der Waals surface area contributed by atoms with Crippen LogP contribution in [0.4, 0.5) is 5.69 Å². The molecule has 0 saturated carbocycles. The topological polar surface area (TPSA) is 52.6 Å². The van der Waals surface area contributed by atoms with Crippen molar-refractivity contribution in [2.24, 2.45) is 0 Å². The van der Waals surface area contributed by atoms with Gasteiger partial charge in [-0.3, -0.25) is 4.79 Å². The number of anilines is 1. The van der Waals surface area contributed by atoms with E-state index in [1.807, 2.05) is 13.0 Å². The number of phenols is 1. The molecule has 1 aliphatic rings. The Hall–Kier alpha value is -1.20. The molecule has 1 atom stereocenters. The van der Waals surface area contributed by atoms with Crippen LogP contribution in [0.2, 0.25) is 0 Å². The number of thioether (sulfide) groups is 1. The number of phenolic OH excluding ortho intramolecular Hbond substituents is 1. The Labute approximate surface area is 111 Å². The maximum atomic E-state index is 12.4. The van der Waals surface area contributed by atoms with E-state index in [9.17, 15) is 9.90 Å². The number of hydrogen-bond acceptors (Lipinski definition) is 4. The molecule has 1 aromatic carbocycles. The summed E-state index contributed by atoms with van der Waals surface area (Å²) in [5.41, 5.74) is 0.750. The number of rotatable bonds is 3. The average molecular weight is 266 g/mol. The molecule has 2 rings (SSSR count). The summed E-state index contributed by atoms with van der Waals surface area (Å²) in [6.07, 6.45) is 0. The Morgan fingerprint density at radius 3 is 3.06 bits per heavy atom. The number of amides is 1. The summed E-state index contributed by atoms with van der Waals surface area (Å²) in [6.45, 7) is 3.42. The fourth-order valence-electron chi connectivity index (χ4n) is 2.04. The highest BCUT2D eigenvalue weighted by Gasteiger charge is 2.26. The predicted molar refractivity (Wildman–Crippen MR) is 75.2 cm³/mol. The normalized spacial score (nSPS) is 19.5. The molecule has 1 heterocycles. The summed E-state index contributed by atoms with van der Waals surface area (Å²) in [7, 11) is 0. The number of carbonyl (C=O) groups excluding carboxylic acids is 1. The first-order chi connectivity index (χ1) is 8.72. The zero-order chi connectivity index (χ0) is 13.0. The van der Waals surface area contributed by atoms with E-state index in [0.29, 0.717) is 6.54 Å². The zero-order valence-corrected chi connectivity index (χ0v) is 11.2. The van der Waals surface area contributed by atoms with E-state index in [2.05, 4.69) is 5.32 Å². The van der Waals surface area contributed by atoms with Crippen LogP contribution < -0.4 is 10.2 Å². The van der Waals surface area contributed by atoms with E-state index in [4.69, 9.17) is 0 Å². The minimum atomic E-state index is -0.119. The zero-order valence-electron chi connectivity index (χ0n) is 10.4. The minimum Gasteiger partial charge on any atom is -0.508 e. The van der Waals surface area contributed by atoms with Gasteiger partial charge in [0.15, 0.2) is 0 Å². The van der Waals surface area contributed by atoms with E-state index >= 15 is 0 Å². The molecule has 2 N–H and O–H groups in total. The Kier molecular flexibility index (Phi) is 4.49. The van der Waals surface area contributed by atoms with Crippen molar-refractivity contribution in [3.8, 4) is 5.75 Å². The Balaban J connectivity index is 2.14. The summed E-state index contributed by atoms with van der Waals surface area (Å²) in [5, 5.41) is 12.7. The van der Waals surface area contributed by atoms with Crippen molar-refractivity contribution < 1.29 is 9.90 Å². The number of benzene rings is 1. The number of carbonyl (C=O) groups is 1. The van der Waals surface area contributed by atoms with Gasteiger partial charge in [-0.15, -0.1) is 0 Å². The van der Waals surface area contributed by atoms with E-state index in [1.54, 1.807) is 34.9 Å². The second kappa shape index (κ2) is 6.11. The third-order valence-electron chi connectivity index (χ3n) is 2.94. The molecule has 1 amide bonds. The minimum absolute atomic E-state index is 0.0790. The lowest BCUT2D eigenvalue weighted by Gasteiger charge is -2.29. The Morgan fingerprint density at radius 1 is 1.61 bits per heavy atom. The molecule has 0 aromatic heterocycles. The van der Waals surface area contributed by atoms with Crippen LogP contribution in [0.15, 0.2) is 24.3 Å². The van der Waals surface area contributed by atoms with Crippen LogP contribution in [0.3, 0.4) is 0 Å². The first-order valence-electron chi connectivity index (χ1n) is 6.14. The van der Waals surface area contributed by atoms with Crippen LogP contribution in [-0.2, 0) is 4.79 Å². The average Bonchev–Trinajstić information content (AvgIpc) is 2.40. The number of nitrogens with one attached hydrogen (secondary N) is 1. The van der Waals surface area contributed by atoms with Crippen LogP contribution >= 0.6 is 11.8 Å². The highest BCUT2D eigenvalue weighted by atomic mass is 32.2. The molecular formula is C13H18N2O2S. The van der Waals surface area contributed by atoms with Gasteiger partial charge in [-0.1, -0.05) is 6.07 Å². The van der Waals surface area contributed by atoms with Gasteiger partial charge < -0.3 is 15.3 Å². The SMILES string of the molecule is CCN(C(=O)C1CSCCN1)c1cccc(O)c1. The van der Waals surface area contributed by atoms with Crippen LogP contribution in [0.25, 0.3) is 0 Å². The molecule has 0 radical (unpaired) electrons. The van der Waals surface area contributed by atoms with E-state index in [1.165, 1.54) is 0 Å². The first-order valence-corrected chi connectivity index (χ1v) is 7.29. The second-order valence-electron chi connectivity index (χ2n) is 4.18. The van der Waals surface area contributed by atoms with Crippen LogP contribution in [0.1, 0.15) is 6.92 Å². The third-order valence-corrected chi connectivity index (χ3v) is 4.01. The summed E-state index contributed by atoms with van der Waals surface area (Å²) >= 11 is 1.80. The van der Waals surface area contributed by atoms with Crippen molar-refractivity contribution in [1.29, 1.82) is 0 Å². The lowest BCUT2D eigenvalue weighted by molar-refractivity contribution is -0.120. The molecule has 1 aliphatic heterocycles. The van der Waals surface area contributed by atoms with Crippen LogP contribution in [-0.4, -0.2) is 41.7 Å². The van der Waals surface area contributed by atoms with Crippen molar-refractivity contribution in [1.82, 2.24) is 5.32 Å². The number of hydrogen-bond donors (Lipinski definition) is 2. The standard InChI is InChI=1S/C13H18N2O2S/c1-2-15(10-4-3-5-11(16)8-10)13(17)12-9-18-7-6-14-12/h3-5,8,12,14,16H,2,6-7,9H2,1H3.